The van der Waals surface area contributed by atoms with Crippen molar-refractivity contribution in [3.63, 3.8) is 0 Å². The average Bonchev–Trinajstić information content (AvgIpc) is 1.96. The number of halogens is 3. The minimum Gasteiger partial charge on any atom is -0.383 e. The summed E-state index contributed by atoms with van der Waals surface area (Å²) in [6.45, 7) is 0. The fourth-order valence-corrected chi connectivity index (χ4v) is 0.696. The molecule has 0 fully saturated rings. The summed E-state index contributed by atoms with van der Waals surface area (Å²) < 4.78 is 36.3. The Labute approximate surface area is 65.0 Å². The van der Waals surface area contributed by atoms with Gasteiger partial charge in [0.1, 0.15) is 5.82 Å². The van der Waals surface area contributed by atoms with Crippen LogP contribution < -0.4 is 11.3 Å². The molecule has 3 N–H and O–H groups in total. The smallest absolute Gasteiger partial charge is 0.269 e. The second kappa shape index (κ2) is 2.88. The third kappa shape index (κ3) is 1.41. The summed E-state index contributed by atoms with van der Waals surface area (Å²) in [5.74, 6) is -1.59. The van der Waals surface area contributed by atoms with Gasteiger partial charge < -0.3 is 10.7 Å². The van der Waals surface area contributed by atoms with Gasteiger partial charge in [0.15, 0.2) is 5.82 Å². The molecule has 0 aliphatic carbocycles. The van der Waals surface area contributed by atoms with Crippen molar-refractivity contribution < 1.29 is 13.2 Å². The highest BCUT2D eigenvalue weighted by Gasteiger charge is 2.14. The second-order valence-corrected chi connectivity index (χ2v) is 2.12. The van der Waals surface area contributed by atoms with E-state index in [1.54, 1.807) is 4.98 Å². The predicted octanol–water partition coefficient (Wildman–Crippen LogP) is 1.03. The molecular formula is C6H5F3N2O. The standard InChI is InChI=1S/C6H5F3N2O/c7-3-1-2(4(8)9)6(12)11-5(3)10/h1,4H,(H3,10,11,12). The first-order valence-corrected chi connectivity index (χ1v) is 2.98. The van der Waals surface area contributed by atoms with E-state index in [1.807, 2.05) is 0 Å². The van der Waals surface area contributed by atoms with Gasteiger partial charge in [0, 0.05) is 0 Å². The first-order chi connectivity index (χ1) is 5.52. The Bertz CT molecular complexity index is 347. The highest BCUT2D eigenvalue weighted by atomic mass is 19.3. The average molecular weight is 178 g/mol. The topological polar surface area (TPSA) is 58.9 Å². The minimum absolute atomic E-state index is 0.429. The summed E-state index contributed by atoms with van der Waals surface area (Å²) in [7, 11) is 0. The first kappa shape index (κ1) is 8.63. The van der Waals surface area contributed by atoms with Gasteiger partial charge in [-0.3, -0.25) is 4.79 Å². The van der Waals surface area contributed by atoms with E-state index in [0.29, 0.717) is 6.07 Å². The summed E-state index contributed by atoms with van der Waals surface area (Å²) in [4.78, 5) is 12.4. The molecule has 1 aromatic rings. The van der Waals surface area contributed by atoms with Crippen molar-refractivity contribution in [1.29, 1.82) is 0 Å². The summed E-state index contributed by atoms with van der Waals surface area (Å²) in [6, 6.07) is 0.429. The Kier molecular flexibility index (Phi) is 2.07. The second-order valence-electron chi connectivity index (χ2n) is 2.12. The normalized spacial score (nSPS) is 10.7. The Balaban J connectivity index is 3.33. The quantitative estimate of drug-likeness (QED) is 0.674. The van der Waals surface area contributed by atoms with Crippen LogP contribution in [0.5, 0.6) is 0 Å². The maximum absolute atomic E-state index is 12.5. The van der Waals surface area contributed by atoms with Crippen molar-refractivity contribution in [2.75, 3.05) is 5.73 Å². The van der Waals surface area contributed by atoms with Crippen LogP contribution in [0.4, 0.5) is 19.0 Å². The minimum atomic E-state index is -3.00. The van der Waals surface area contributed by atoms with Gasteiger partial charge in [0.05, 0.1) is 5.56 Å². The monoisotopic (exact) mass is 178 g/mol. The lowest BCUT2D eigenvalue weighted by molar-refractivity contribution is 0.149. The molecule has 0 spiro atoms. The zero-order valence-corrected chi connectivity index (χ0v) is 5.77. The van der Waals surface area contributed by atoms with Crippen molar-refractivity contribution in [2.24, 2.45) is 0 Å². The molecule has 1 aromatic heterocycles. The van der Waals surface area contributed by atoms with Crippen molar-refractivity contribution >= 4 is 5.82 Å². The molecule has 66 valence electrons. The summed E-state index contributed by atoms with van der Waals surface area (Å²) in [5.41, 5.74) is 2.93. The van der Waals surface area contributed by atoms with E-state index in [2.05, 4.69) is 0 Å². The molecule has 0 bridgehead atoms. The largest absolute Gasteiger partial charge is 0.383 e. The fraction of sp³-hybridized carbons (Fsp3) is 0.167. The lowest BCUT2D eigenvalue weighted by Crippen LogP contribution is -2.16. The number of nitrogens with one attached hydrogen (secondary N) is 1. The molecule has 3 nitrogen and oxygen atoms in total. The van der Waals surface area contributed by atoms with Gasteiger partial charge in [-0.1, -0.05) is 0 Å². The Hall–Kier alpha value is -1.46. The van der Waals surface area contributed by atoms with Gasteiger partial charge >= 0.3 is 0 Å². The van der Waals surface area contributed by atoms with Crippen molar-refractivity contribution in [3.05, 3.63) is 27.8 Å². The fourth-order valence-electron chi connectivity index (χ4n) is 0.696. The lowest BCUT2D eigenvalue weighted by atomic mass is 10.3. The molecule has 12 heavy (non-hydrogen) atoms. The first-order valence-electron chi connectivity index (χ1n) is 2.98. The number of hydrogen-bond acceptors (Lipinski definition) is 2. The summed E-state index contributed by atoms with van der Waals surface area (Å²) in [6.07, 6.45) is -3.00. The van der Waals surface area contributed by atoms with E-state index in [1.165, 1.54) is 0 Å². The third-order valence-corrected chi connectivity index (χ3v) is 1.29. The molecule has 0 atom stereocenters. The molecule has 0 saturated carbocycles. The van der Waals surface area contributed by atoms with Crippen LogP contribution in [0.1, 0.15) is 12.0 Å². The molecule has 0 saturated heterocycles. The van der Waals surface area contributed by atoms with Crippen LogP contribution in [0.3, 0.4) is 0 Å². The molecule has 0 amide bonds. The molecule has 0 aromatic carbocycles. The lowest BCUT2D eigenvalue weighted by Gasteiger charge is -1.99. The van der Waals surface area contributed by atoms with E-state index in [9.17, 15) is 18.0 Å². The van der Waals surface area contributed by atoms with Crippen LogP contribution >= 0.6 is 0 Å². The number of nitrogen functional groups attached to an aromatic ring is 1. The molecule has 0 unspecified atom stereocenters. The van der Waals surface area contributed by atoms with E-state index in [-0.39, 0.29) is 0 Å². The highest BCUT2D eigenvalue weighted by Crippen LogP contribution is 2.16. The van der Waals surface area contributed by atoms with Gasteiger partial charge in [-0.25, -0.2) is 13.2 Å². The highest BCUT2D eigenvalue weighted by molar-refractivity contribution is 5.32. The number of pyridine rings is 1. The number of H-pyrrole nitrogens is 1. The van der Waals surface area contributed by atoms with Crippen LogP contribution in [-0.2, 0) is 0 Å². The maximum Gasteiger partial charge on any atom is 0.269 e. The molecule has 0 aliphatic heterocycles. The SMILES string of the molecule is Nc1[nH]c(=O)c(C(F)F)cc1F. The molecule has 6 heteroatoms. The number of nitrogens with two attached hydrogens (primary N) is 1. The van der Waals surface area contributed by atoms with Gasteiger partial charge in [0.2, 0.25) is 0 Å². The molecule has 0 radical (unpaired) electrons. The molecular weight excluding hydrogens is 173 g/mol. The predicted molar refractivity (Wildman–Crippen MR) is 36.4 cm³/mol. The van der Waals surface area contributed by atoms with Crippen molar-refractivity contribution in [2.45, 2.75) is 6.43 Å². The van der Waals surface area contributed by atoms with Gasteiger partial charge in [0.25, 0.3) is 12.0 Å². The number of aromatic amines is 1. The third-order valence-electron chi connectivity index (χ3n) is 1.29. The molecule has 1 heterocycles. The van der Waals surface area contributed by atoms with Crippen LogP contribution in [0, 0.1) is 5.82 Å². The van der Waals surface area contributed by atoms with E-state index in [0.717, 1.165) is 0 Å². The summed E-state index contributed by atoms with van der Waals surface area (Å²) in [5, 5.41) is 0. The Morgan fingerprint density at radius 2 is 2.08 bits per heavy atom. The number of hydrogen-bond donors (Lipinski definition) is 2. The van der Waals surface area contributed by atoms with Crippen LogP contribution in [-0.4, -0.2) is 4.98 Å². The van der Waals surface area contributed by atoms with Crippen molar-refractivity contribution in [1.82, 2.24) is 4.98 Å². The van der Waals surface area contributed by atoms with Gasteiger partial charge in [-0.15, -0.1) is 0 Å². The van der Waals surface area contributed by atoms with E-state index >= 15 is 0 Å². The van der Waals surface area contributed by atoms with Crippen LogP contribution in [0.15, 0.2) is 10.9 Å². The zero-order valence-electron chi connectivity index (χ0n) is 5.77. The van der Waals surface area contributed by atoms with Crippen molar-refractivity contribution in [3.8, 4) is 0 Å². The maximum atomic E-state index is 12.5. The number of aromatic nitrogens is 1. The molecule has 1 rings (SSSR count). The summed E-state index contributed by atoms with van der Waals surface area (Å²) >= 11 is 0. The van der Waals surface area contributed by atoms with E-state index < -0.39 is 29.2 Å². The Morgan fingerprint density at radius 3 is 2.58 bits per heavy atom. The zero-order chi connectivity index (χ0) is 9.30. The Morgan fingerprint density at radius 1 is 1.50 bits per heavy atom. The van der Waals surface area contributed by atoms with Crippen LogP contribution in [0.25, 0.3) is 0 Å². The van der Waals surface area contributed by atoms with Gasteiger partial charge in [-0.2, -0.15) is 0 Å². The molecule has 0 aliphatic rings. The number of rotatable bonds is 1. The number of alkyl halides is 2. The van der Waals surface area contributed by atoms with Gasteiger partial charge in [-0.05, 0) is 6.07 Å². The number of anilines is 1. The van der Waals surface area contributed by atoms with Crippen LogP contribution in [0.2, 0.25) is 0 Å². The van der Waals surface area contributed by atoms with E-state index in [4.69, 9.17) is 5.73 Å².